The molecule has 0 saturated heterocycles. The Balaban J connectivity index is 1.71. The molecule has 1 aliphatic heterocycles. The number of anilines is 2. The molecule has 0 bridgehead atoms. The van der Waals surface area contributed by atoms with Crippen LogP contribution in [0.1, 0.15) is 42.3 Å². The number of para-hydroxylation sites is 1. The van der Waals surface area contributed by atoms with E-state index in [4.69, 9.17) is 9.47 Å². The number of carbonyl (C=O) groups excluding carboxylic acids is 1. The van der Waals surface area contributed by atoms with Gasteiger partial charge in [-0.05, 0) is 63.6 Å². The van der Waals surface area contributed by atoms with Gasteiger partial charge in [0.1, 0.15) is 11.5 Å². The fourth-order valence-corrected chi connectivity index (χ4v) is 4.27. The van der Waals surface area contributed by atoms with E-state index in [-0.39, 0.29) is 11.5 Å². The van der Waals surface area contributed by atoms with Crippen LogP contribution in [0.3, 0.4) is 0 Å². The van der Waals surface area contributed by atoms with E-state index in [9.17, 15) is 4.79 Å². The molecule has 0 aromatic heterocycles. The number of methoxy groups -OCH3 is 1. The maximum atomic E-state index is 12.6. The topological polar surface area (TPSA) is 38.8 Å². The fourth-order valence-electron chi connectivity index (χ4n) is 4.27. The van der Waals surface area contributed by atoms with Gasteiger partial charge < -0.3 is 14.4 Å². The zero-order valence-corrected chi connectivity index (χ0v) is 18.6. The van der Waals surface area contributed by atoms with Crippen LogP contribution < -0.4 is 14.4 Å². The second kappa shape index (κ2) is 7.95. The molecular formula is C27H27NO3. The molecule has 3 aromatic carbocycles. The number of hydrogen-bond donors (Lipinski definition) is 0. The average molecular weight is 414 g/mol. The van der Waals surface area contributed by atoms with Crippen molar-refractivity contribution < 1.29 is 14.3 Å². The van der Waals surface area contributed by atoms with Gasteiger partial charge in [0.15, 0.2) is 0 Å². The number of fused-ring (bicyclic) bond motifs is 1. The van der Waals surface area contributed by atoms with Crippen LogP contribution in [-0.4, -0.2) is 18.6 Å². The van der Waals surface area contributed by atoms with Gasteiger partial charge >= 0.3 is 5.97 Å². The van der Waals surface area contributed by atoms with E-state index in [1.165, 1.54) is 11.1 Å². The lowest BCUT2D eigenvalue weighted by Crippen LogP contribution is -2.41. The van der Waals surface area contributed by atoms with Crippen LogP contribution in [0.5, 0.6) is 11.5 Å². The smallest absolute Gasteiger partial charge is 0.343 e. The molecule has 0 amide bonds. The third-order valence-electron chi connectivity index (χ3n) is 5.57. The summed E-state index contributed by atoms with van der Waals surface area (Å²) in [6.07, 6.45) is 2.26. The minimum Gasteiger partial charge on any atom is -0.494 e. The lowest BCUT2D eigenvalue weighted by Gasteiger charge is -2.43. The van der Waals surface area contributed by atoms with Crippen molar-refractivity contribution in [2.75, 3.05) is 12.0 Å². The molecule has 0 N–H and O–H groups in total. The first kappa shape index (κ1) is 20.7. The SMILES string of the molecule is COc1cc(OC(=O)c2cccc(C)c2)ccc1N1c2ccccc2C(C)=CC1(C)C. The molecule has 1 aliphatic rings. The number of allylic oxidation sites excluding steroid dienone is 1. The molecule has 0 atom stereocenters. The standard InChI is InChI=1S/C27H27NO3/c1-18-9-8-10-20(15-18)26(29)31-21-13-14-24(25(16-21)30-5)28-23-12-7-6-11-22(23)19(2)17-27(28,3)4/h6-17H,1-5H3. The Hall–Kier alpha value is -3.53. The molecule has 1 heterocycles. The maximum absolute atomic E-state index is 12.6. The zero-order valence-electron chi connectivity index (χ0n) is 18.6. The third-order valence-corrected chi connectivity index (χ3v) is 5.57. The van der Waals surface area contributed by atoms with E-state index >= 15 is 0 Å². The number of esters is 1. The Morgan fingerprint density at radius 1 is 0.903 bits per heavy atom. The predicted molar refractivity (Wildman–Crippen MR) is 125 cm³/mol. The third kappa shape index (κ3) is 3.93. The molecule has 0 radical (unpaired) electrons. The van der Waals surface area contributed by atoms with E-state index in [1.54, 1.807) is 19.2 Å². The highest BCUT2D eigenvalue weighted by Gasteiger charge is 2.34. The molecule has 4 rings (SSSR count). The summed E-state index contributed by atoms with van der Waals surface area (Å²) in [7, 11) is 1.63. The molecule has 0 spiro atoms. The number of aryl methyl sites for hydroxylation is 1. The van der Waals surface area contributed by atoms with Crippen LogP contribution in [0.25, 0.3) is 5.57 Å². The highest BCUT2D eigenvalue weighted by molar-refractivity contribution is 5.91. The van der Waals surface area contributed by atoms with Crippen LogP contribution in [0.2, 0.25) is 0 Å². The number of rotatable bonds is 4. The maximum Gasteiger partial charge on any atom is 0.343 e. The van der Waals surface area contributed by atoms with Gasteiger partial charge in [-0.1, -0.05) is 42.0 Å². The average Bonchev–Trinajstić information content (AvgIpc) is 2.74. The number of benzene rings is 3. The molecule has 4 heteroatoms. The molecule has 0 unspecified atom stereocenters. The molecule has 3 aromatic rings. The summed E-state index contributed by atoms with van der Waals surface area (Å²) in [5, 5.41) is 0. The minimum atomic E-state index is -0.388. The summed E-state index contributed by atoms with van der Waals surface area (Å²) < 4.78 is 11.4. The lowest BCUT2D eigenvalue weighted by atomic mass is 9.88. The van der Waals surface area contributed by atoms with E-state index in [0.717, 1.165) is 16.9 Å². The first-order valence-corrected chi connectivity index (χ1v) is 10.4. The van der Waals surface area contributed by atoms with Gasteiger partial charge in [-0.25, -0.2) is 4.79 Å². The van der Waals surface area contributed by atoms with E-state index in [1.807, 2.05) is 43.3 Å². The van der Waals surface area contributed by atoms with Crippen LogP contribution in [0.4, 0.5) is 11.4 Å². The highest BCUT2D eigenvalue weighted by atomic mass is 16.5. The summed E-state index contributed by atoms with van der Waals surface area (Å²) in [6, 6.07) is 21.3. The van der Waals surface area contributed by atoms with Crippen molar-refractivity contribution in [1.82, 2.24) is 0 Å². The van der Waals surface area contributed by atoms with Gasteiger partial charge in [-0.3, -0.25) is 0 Å². The van der Waals surface area contributed by atoms with Gasteiger partial charge in [0.05, 0.1) is 23.9 Å². The van der Waals surface area contributed by atoms with Gasteiger partial charge in [0, 0.05) is 17.3 Å². The van der Waals surface area contributed by atoms with Crippen LogP contribution in [0.15, 0.2) is 72.8 Å². The number of nitrogens with zero attached hydrogens (tertiary/aromatic N) is 1. The second-order valence-corrected chi connectivity index (χ2v) is 8.43. The molecule has 0 fully saturated rings. The van der Waals surface area contributed by atoms with Crippen LogP contribution >= 0.6 is 0 Å². The summed E-state index contributed by atoms with van der Waals surface area (Å²) >= 11 is 0. The normalized spacial score (nSPS) is 14.5. The minimum absolute atomic E-state index is 0.258. The Morgan fingerprint density at radius 3 is 2.42 bits per heavy atom. The summed E-state index contributed by atoms with van der Waals surface area (Å²) in [5.74, 6) is 0.702. The molecule has 31 heavy (non-hydrogen) atoms. The first-order valence-electron chi connectivity index (χ1n) is 10.4. The van der Waals surface area contributed by atoms with Crippen molar-refractivity contribution in [2.45, 2.75) is 33.2 Å². The van der Waals surface area contributed by atoms with Crippen molar-refractivity contribution in [1.29, 1.82) is 0 Å². The quantitative estimate of drug-likeness (QED) is 0.359. The number of ether oxygens (including phenoxy) is 2. The number of hydrogen-bond acceptors (Lipinski definition) is 4. The summed E-state index contributed by atoms with van der Waals surface area (Å²) in [6.45, 7) is 8.45. The van der Waals surface area contributed by atoms with Gasteiger partial charge in [-0.15, -0.1) is 0 Å². The van der Waals surface area contributed by atoms with E-state index in [2.05, 4.69) is 49.9 Å². The van der Waals surface area contributed by atoms with Crippen LogP contribution in [-0.2, 0) is 0 Å². The van der Waals surface area contributed by atoms with Crippen molar-refractivity contribution >= 4 is 22.9 Å². The van der Waals surface area contributed by atoms with Gasteiger partial charge in [0.25, 0.3) is 0 Å². The first-order chi connectivity index (χ1) is 14.8. The van der Waals surface area contributed by atoms with Crippen LogP contribution in [0, 0.1) is 6.92 Å². The summed E-state index contributed by atoms with van der Waals surface area (Å²) in [4.78, 5) is 14.8. The second-order valence-electron chi connectivity index (χ2n) is 8.43. The summed E-state index contributed by atoms with van der Waals surface area (Å²) in [5.41, 5.74) is 5.75. The highest BCUT2D eigenvalue weighted by Crippen LogP contribution is 2.47. The number of carbonyl (C=O) groups is 1. The van der Waals surface area contributed by atoms with E-state index in [0.29, 0.717) is 17.1 Å². The Labute approximate surface area is 183 Å². The predicted octanol–water partition coefficient (Wildman–Crippen LogP) is 6.56. The Morgan fingerprint density at radius 2 is 1.68 bits per heavy atom. The molecule has 0 aliphatic carbocycles. The van der Waals surface area contributed by atoms with Gasteiger partial charge in [-0.2, -0.15) is 0 Å². The molecule has 158 valence electrons. The van der Waals surface area contributed by atoms with Crippen molar-refractivity contribution in [3.63, 3.8) is 0 Å². The molecular weight excluding hydrogens is 386 g/mol. The van der Waals surface area contributed by atoms with Crippen molar-refractivity contribution in [2.24, 2.45) is 0 Å². The largest absolute Gasteiger partial charge is 0.494 e. The van der Waals surface area contributed by atoms with Crippen molar-refractivity contribution in [3.05, 3.63) is 89.5 Å². The van der Waals surface area contributed by atoms with Gasteiger partial charge in [0.2, 0.25) is 0 Å². The fraction of sp³-hybridized carbons (Fsp3) is 0.222. The van der Waals surface area contributed by atoms with Crippen molar-refractivity contribution in [3.8, 4) is 11.5 Å². The lowest BCUT2D eigenvalue weighted by molar-refractivity contribution is 0.0734. The Kier molecular flexibility index (Phi) is 5.32. The molecule has 0 saturated carbocycles. The Bertz CT molecular complexity index is 1180. The zero-order chi connectivity index (χ0) is 22.2. The van der Waals surface area contributed by atoms with E-state index < -0.39 is 0 Å². The molecule has 4 nitrogen and oxygen atoms in total. The monoisotopic (exact) mass is 413 g/mol.